The first-order chi connectivity index (χ1) is 20.9. The molecule has 0 radical (unpaired) electrons. The maximum atomic E-state index is 16.7. The molecule has 3 N–H and O–H groups in total. The van der Waals surface area contributed by atoms with Gasteiger partial charge in [0.15, 0.2) is 5.82 Å². The zero-order chi connectivity index (χ0) is 31.0. The van der Waals surface area contributed by atoms with Gasteiger partial charge in [0.25, 0.3) is 0 Å². The van der Waals surface area contributed by atoms with E-state index in [1.807, 2.05) is 11.0 Å². The third-order valence-electron chi connectivity index (χ3n) is 9.91. The number of pyridine rings is 1. The number of nitrogens with zero attached hydrogens (tertiary/aromatic N) is 5. The van der Waals surface area contributed by atoms with E-state index < -0.39 is 28.8 Å². The second kappa shape index (κ2) is 10.4. The van der Waals surface area contributed by atoms with Gasteiger partial charge in [-0.05, 0) is 76.2 Å². The number of benzene rings is 1. The fourth-order valence-electron chi connectivity index (χ4n) is 7.88. The second-order valence-electron chi connectivity index (χ2n) is 12.7. The molecule has 4 aliphatic rings. The Morgan fingerprint density at radius 3 is 2.64 bits per heavy atom. The van der Waals surface area contributed by atoms with Crippen LogP contribution in [0.1, 0.15) is 49.7 Å². The van der Waals surface area contributed by atoms with Crippen molar-refractivity contribution in [2.75, 3.05) is 43.4 Å². The van der Waals surface area contributed by atoms with Crippen LogP contribution in [-0.4, -0.2) is 69.8 Å². The lowest BCUT2D eigenvalue weighted by Crippen LogP contribution is -2.58. The fraction of sp³-hybridized carbons (Fsp3) is 0.516. The number of rotatable bonds is 6. The summed E-state index contributed by atoms with van der Waals surface area (Å²) >= 11 is 6.62. The number of nitrogen functional groups attached to an aromatic ring is 1. The molecule has 4 aliphatic heterocycles. The average Bonchev–Trinajstić information content (AvgIpc) is 3.63. The maximum Gasteiger partial charge on any atom is 0.418 e. The minimum absolute atomic E-state index is 0.0286. The van der Waals surface area contributed by atoms with Crippen LogP contribution in [0.2, 0.25) is 5.02 Å². The Bertz CT molecular complexity index is 1660. The molecule has 3 aromatic rings. The number of hydrogen-bond donors (Lipinski definition) is 2. The van der Waals surface area contributed by atoms with Gasteiger partial charge in [0.2, 0.25) is 0 Å². The van der Waals surface area contributed by atoms with Crippen LogP contribution in [0.25, 0.3) is 22.2 Å². The molecule has 6 heterocycles. The second-order valence-corrected chi connectivity index (χ2v) is 13.1. The van der Waals surface area contributed by atoms with Crippen molar-refractivity contribution in [1.82, 2.24) is 25.2 Å². The van der Waals surface area contributed by atoms with Gasteiger partial charge in [-0.3, -0.25) is 4.90 Å². The summed E-state index contributed by atoms with van der Waals surface area (Å²) in [4.78, 5) is 17.7. The summed E-state index contributed by atoms with van der Waals surface area (Å²) in [5.41, 5.74) is 2.71. The van der Waals surface area contributed by atoms with Crippen LogP contribution in [0, 0.1) is 12.7 Å². The van der Waals surface area contributed by atoms with Crippen molar-refractivity contribution in [2.45, 2.75) is 68.7 Å². The fourth-order valence-corrected chi connectivity index (χ4v) is 8.16. The van der Waals surface area contributed by atoms with Crippen molar-refractivity contribution < 1.29 is 22.3 Å². The summed E-state index contributed by atoms with van der Waals surface area (Å²) in [7, 11) is 0. The molecular formula is C31H34ClF4N7O. The van der Waals surface area contributed by atoms with Crippen molar-refractivity contribution in [2.24, 2.45) is 0 Å². The molecule has 13 heteroatoms. The number of aryl methyl sites for hydroxylation is 1. The SMILES string of the molecule is C=CC12CCC(CN(c3nc(OCC45CCCN4CCC5)nc4c(F)c(-c5nc(N)cc(C)c5C(F)(F)F)c(Cl)cc34)C1)N2. The van der Waals surface area contributed by atoms with Gasteiger partial charge in [-0.1, -0.05) is 17.7 Å². The number of piperazine rings is 1. The predicted molar refractivity (Wildman–Crippen MR) is 161 cm³/mol. The van der Waals surface area contributed by atoms with E-state index in [4.69, 9.17) is 27.1 Å². The highest BCUT2D eigenvalue weighted by molar-refractivity contribution is 6.34. The third kappa shape index (κ3) is 4.76. The van der Waals surface area contributed by atoms with Crippen LogP contribution in [0.5, 0.6) is 6.01 Å². The van der Waals surface area contributed by atoms with E-state index in [1.54, 1.807) is 0 Å². The lowest BCUT2D eigenvalue weighted by Gasteiger charge is -2.40. The van der Waals surface area contributed by atoms with Gasteiger partial charge >= 0.3 is 12.2 Å². The molecule has 7 rings (SSSR count). The van der Waals surface area contributed by atoms with E-state index >= 15 is 4.39 Å². The normalized spacial score (nSPS) is 24.7. The van der Waals surface area contributed by atoms with Gasteiger partial charge in [-0.15, -0.1) is 6.58 Å². The van der Waals surface area contributed by atoms with Crippen molar-refractivity contribution in [3.05, 3.63) is 46.8 Å². The summed E-state index contributed by atoms with van der Waals surface area (Å²) in [6.45, 7) is 8.76. The van der Waals surface area contributed by atoms with E-state index in [-0.39, 0.29) is 50.4 Å². The molecule has 2 atom stereocenters. The Balaban J connectivity index is 1.40. The number of alkyl halides is 3. The first kappa shape index (κ1) is 29.5. The number of ether oxygens (including phenoxy) is 1. The molecule has 0 saturated carbocycles. The van der Waals surface area contributed by atoms with Crippen LogP contribution in [0.4, 0.5) is 29.2 Å². The molecule has 44 heavy (non-hydrogen) atoms. The summed E-state index contributed by atoms with van der Waals surface area (Å²) in [6.07, 6.45) is 3.02. The average molecular weight is 632 g/mol. The Morgan fingerprint density at radius 2 is 1.93 bits per heavy atom. The lowest BCUT2D eigenvalue weighted by molar-refractivity contribution is -0.137. The largest absolute Gasteiger partial charge is 0.461 e. The molecule has 2 bridgehead atoms. The summed E-state index contributed by atoms with van der Waals surface area (Å²) < 4.78 is 65.7. The van der Waals surface area contributed by atoms with Crippen molar-refractivity contribution in [3.8, 4) is 17.3 Å². The van der Waals surface area contributed by atoms with Crippen molar-refractivity contribution in [3.63, 3.8) is 0 Å². The van der Waals surface area contributed by atoms with Gasteiger partial charge in [0.05, 0.1) is 32.9 Å². The molecule has 2 aromatic heterocycles. The number of hydrogen-bond acceptors (Lipinski definition) is 8. The topological polar surface area (TPSA) is 92.4 Å². The van der Waals surface area contributed by atoms with Gasteiger partial charge in [-0.25, -0.2) is 9.37 Å². The first-order valence-corrected chi connectivity index (χ1v) is 15.4. The smallest absolute Gasteiger partial charge is 0.418 e. The number of nitrogens with two attached hydrogens (primary N) is 1. The Labute approximate surface area is 257 Å². The number of nitrogens with one attached hydrogen (secondary N) is 1. The molecule has 234 valence electrons. The summed E-state index contributed by atoms with van der Waals surface area (Å²) in [5.74, 6) is -0.810. The molecule has 0 amide bonds. The Morgan fingerprint density at radius 1 is 1.18 bits per heavy atom. The van der Waals surface area contributed by atoms with Crippen molar-refractivity contribution >= 4 is 34.1 Å². The highest BCUT2D eigenvalue weighted by Crippen LogP contribution is 2.46. The first-order valence-electron chi connectivity index (χ1n) is 15.0. The van der Waals surface area contributed by atoms with E-state index in [9.17, 15) is 13.2 Å². The quantitative estimate of drug-likeness (QED) is 0.257. The van der Waals surface area contributed by atoms with Gasteiger partial charge in [0, 0.05) is 24.5 Å². The zero-order valence-corrected chi connectivity index (χ0v) is 25.2. The van der Waals surface area contributed by atoms with Gasteiger partial charge in [-0.2, -0.15) is 23.1 Å². The van der Waals surface area contributed by atoms with E-state index in [2.05, 4.69) is 26.8 Å². The number of anilines is 2. The lowest BCUT2D eigenvalue weighted by atomic mass is 9.95. The van der Waals surface area contributed by atoms with Gasteiger partial charge < -0.3 is 20.7 Å². The Kier molecular flexibility index (Phi) is 6.98. The predicted octanol–water partition coefficient (Wildman–Crippen LogP) is 5.90. The highest BCUT2D eigenvalue weighted by atomic mass is 35.5. The minimum Gasteiger partial charge on any atom is -0.461 e. The summed E-state index contributed by atoms with van der Waals surface area (Å²) in [5, 5.41) is 3.65. The summed E-state index contributed by atoms with van der Waals surface area (Å²) in [6, 6.07) is 2.66. The van der Waals surface area contributed by atoms with E-state index in [1.165, 1.54) is 13.0 Å². The van der Waals surface area contributed by atoms with Crippen LogP contribution >= 0.6 is 11.6 Å². The van der Waals surface area contributed by atoms with Crippen LogP contribution < -0.4 is 20.7 Å². The molecule has 4 saturated heterocycles. The standard InChI is InChI=1S/C31H34ClF4N7O/c1-3-29-9-6-18(41-29)14-42(15-29)27-19-13-20(32)22(26-23(31(34,35)36)17(2)12-21(37)38-26)24(33)25(19)39-28(40-27)44-16-30-7-4-10-43(30)11-5-8-30/h3,12-13,18,41H,1,4-11,14-16H2,2H3,(H2,37,38). The molecule has 0 spiro atoms. The number of aromatic nitrogens is 3. The molecule has 8 nitrogen and oxygen atoms in total. The molecule has 4 fully saturated rings. The Hall–Kier alpha value is -3.22. The van der Waals surface area contributed by atoms with E-state index in [0.29, 0.717) is 25.5 Å². The maximum absolute atomic E-state index is 16.7. The molecule has 1 aromatic carbocycles. The number of halogens is 5. The number of fused-ring (bicyclic) bond motifs is 4. The van der Waals surface area contributed by atoms with Crippen LogP contribution in [-0.2, 0) is 6.18 Å². The molecule has 2 unspecified atom stereocenters. The third-order valence-corrected chi connectivity index (χ3v) is 10.2. The molecule has 0 aliphatic carbocycles. The monoisotopic (exact) mass is 631 g/mol. The molecular weight excluding hydrogens is 598 g/mol. The van der Waals surface area contributed by atoms with Crippen LogP contribution in [0.3, 0.4) is 0 Å². The highest BCUT2D eigenvalue weighted by Gasteiger charge is 2.46. The van der Waals surface area contributed by atoms with E-state index in [0.717, 1.165) is 57.7 Å². The van der Waals surface area contributed by atoms with Crippen LogP contribution in [0.15, 0.2) is 24.8 Å². The minimum atomic E-state index is -4.83. The van der Waals surface area contributed by atoms with Gasteiger partial charge in [0.1, 0.15) is 23.8 Å². The van der Waals surface area contributed by atoms with Crippen molar-refractivity contribution in [1.29, 1.82) is 0 Å². The zero-order valence-electron chi connectivity index (χ0n) is 24.4.